The normalized spacial score (nSPS) is 22.7. The third kappa shape index (κ3) is 2.02. The molecule has 0 aromatic carbocycles. The maximum Gasteiger partial charge on any atom is 0.376 e. The van der Waals surface area contributed by atoms with Gasteiger partial charge in [0.25, 0.3) is 0 Å². The third-order valence-electron chi connectivity index (χ3n) is 1.65. The van der Waals surface area contributed by atoms with Gasteiger partial charge in [-0.25, -0.2) is 4.79 Å². The molecule has 0 radical (unpaired) electrons. The van der Waals surface area contributed by atoms with Crippen LogP contribution >= 0.6 is 0 Å². The topological polar surface area (TPSA) is 38.3 Å². The van der Waals surface area contributed by atoms with Crippen LogP contribution in [0.2, 0.25) is 0 Å². The fourth-order valence-corrected chi connectivity index (χ4v) is 1.35. The van der Waals surface area contributed by atoms with Gasteiger partial charge in [-0.05, 0) is 0 Å². The van der Waals surface area contributed by atoms with Crippen molar-refractivity contribution >= 4 is 31.7 Å². The lowest BCUT2D eigenvalue weighted by atomic mass is 10.4. The Kier molecular flexibility index (Phi) is 3.06. The van der Waals surface area contributed by atoms with Gasteiger partial charge in [-0.2, -0.15) is 0 Å². The number of nitrogens with one attached hydrogen (secondary N) is 1. The molecule has 1 N–H and O–H groups in total. The molecule has 0 aromatic rings. The van der Waals surface area contributed by atoms with Crippen LogP contribution in [0.3, 0.4) is 0 Å². The summed E-state index contributed by atoms with van der Waals surface area (Å²) in [6.07, 6.45) is 0. The molecule has 11 heavy (non-hydrogen) atoms. The highest BCUT2D eigenvalue weighted by Gasteiger charge is 2.24. The van der Waals surface area contributed by atoms with Gasteiger partial charge in [0.1, 0.15) is 0 Å². The van der Waals surface area contributed by atoms with Gasteiger partial charge in [0.15, 0.2) is 0 Å². The van der Waals surface area contributed by atoms with E-state index in [9.17, 15) is 4.79 Å². The molecular formula is C5H9N2O2S2-. The lowest BCUT2D eigenvalue weighted by Crippen LogP contribution is -2.57. The number of carbonyl (C=O) groups excluding carboxylic acids is 1. The van der Waals surface area contributed by atoms with Crippen LogP contribution in [0.4, 0.5) is 4.79 Å². The van der Waals surface area contributed by atoms with Crippen molar-refractivity contribution in [1.29, 1.82) is 0 Å². The number of ether oxygens (including phenoxy) is 1. The molecule has 2 amide bonds. The van der Waals surface area contributed by atoms with Gasteiger partial charge < -0.3 is 39.0 Å². The van der Waals surface area contributed by atoms with Crippen LogP contribution in [0.25, 0.3) is 0 Å². The first-order valence-corrected chi connectivity index (χ1v) is 4.05. The largest absolute Gasteiger partial charge is 0.662 e. The molecule has 0 aromatic heterocycles. The van der Waals surface area contributed by atoms with Crippen molar-refractivity contribution in [3.8, 4) is 0 Å². The number of urea groups is 1. The molecule has 0 atom stereocenters. The fraction of sp³-hybridized carbons (Fsp3) is 0.800. The van der Waals surface area contributed by atoms with Gasteiger partial charge in [0.2, 0.25) is 0 Å². The smallest absolute Gasteiger partial charge is 0.376 e. The van der Waals surface area contributed by atoms with Gasteiger partial charge in [-0.3, -0.25) is 0 Å². The maximum absolute atomic E-state index is 11.1. The summed E-state index contributed by atoms with van der Waals surface area (Å²) in [7, 11) is 0. The van der Waals surface area contributed by atoms with Crippen LogP contribution in [-0.4, -0.2) is 36.2 Å². The molecule has 0 unspecified atom stereocenters. The number of morpholine rings is 1. The zero-order chi connectivity index (χ0) is 8.32. The van der Waals surface area contributed by atoms with Gasteiger partial charge in [0, 0.05) is 0 Å². The second-order valence-electron chi connectivity index (χ2n) is 2.36. The van der Waals surface area contributed by atoms with E-state index in [-0.39, 0.29) is 9.92 Å². The van der Waals surface area contributed by atoms with E-state index < -0.39 is 0 Å². The van der Waals surface area contributed by atoms with Gasteiger partial charge in [-0.15, -0.1) is 0 Å². The maximum atomic E-state index is 11.1. The summed E-state index contributed by atoms with van der Waals surface area (Å²) in [5, 5.41) is 0. The predicted molar refractivity (Wildman–Crippen MR) is 44.1 cm³/mol. The van der Waals surface area contributed by atoms with E-state index in [4.69, 9.17) is 17.6 Å². The number of carbonyl (C=O) groups is 1. The average molecular weight is 193 g/mol. The highest BCUT2D eigenvalue weighted by atomic mass is 32.1. The van der Waals surface area contributed by atoms with Crippen molar-refractivity contribution in [2.24, 2.45) is 0 Å². The molecular weight excluding hydrogens is 184 g/mol. The van der Waals surface area contributed by atoms with Crippen molar-refractivity contribution in [2.75, 3.05) is 26.3 Å². The number of amides is 2. The summed E-state index contributed by atoms with van der Waals surface area (Å²) in [4.78, 5) is 11.1. The van der Waals surface area contributed by atoms with E-state index in [2.05, 4.69) is 17.5 Å². The van der Waals surface area contributed by atoms with Crippen LogP contribution < -0.4 is 4.72 Å². The lowest BCUT2D eigenvalue weighted by Gasteiger charge is -2.44. The first-order valence-electron chi connectivity index (χ1n) is 3.27. The molecule has 1 saturated heterocycles. The molecule has 0 saturated carbocycles. The highest BCUT2D eigenvalue weighted by Crippen LogP contribution is 2.08. The zero-order valence-corrected chi connectivity index (χ0v) is 7.54. The monoisotopic (exact) mass is 193 g/mol. The minimum atomic E-state index is -0.293. The van der Waals surface area contributed by atoms with Crippen molar-refractivity contribution < 1.29 is 13.4 Å². The minimum absolute atomic E-state index is 0.0660. The van der Waals surface area contributed by atoms with Gasteiger partial charge >= 0.3 is 6.03 Å². The van der Waals surface area contributed by atoms with Gasteiger partial charge in [0.05, 0.1) is 26.3 Å². The molecule has 6 heteroatoms. The van der Waals surface area contributed by atoms with Crippen LogP contribution in [0.1, 0.15) is 0 Å². The molecule has 64 valence electrons. The highest BCUT2D eigenvalue weighted by molar-refractivity contribution is 7.57. The Morgan fingerprint density at radius 1 is 1.45 bits per heavy atom. The SMILES string of the molecule is O=C(N[S-])[N+]1([S-])CCOCC1. The Labute approximate surface area is 76.6 Å². The first kappa shape index (κ1) is 9.18. The number of hydrogen-bond donors (Lipinski definition) is 1. The fourth-order valence-electron chi connectivity index (χ4n) is 0.924. The standard InChI is InChI=1S/C5H9N2O2S2/c8-5(6-10)7(11)1-3-9-4-2-7/h1-4H2,(H-,6,8,10)/q-1. The quantitative estimate of drug-likeness (QED) is 0.414. The molecule has 0 bridgehead atoms. The zero-order valence-electron chi connectivity index (χ0n) is 5.91. The summed E-state index contributed by atoms with van der Waals surface area (Å²) in [6, 6.07) is -0.293. The van der Waals surface area contributed by atoms with Crippen LogP contribution in [0, 0.1) is 0 Å². The third-order valence-corrected chi connectivity index (χ3v) is 2.36. The van der Waals surface area contributed by atoms with E-state index in [0.29, 0.717) is 26.3 Å². The summed E-state index contributed by atoms with van der Waals surface area (Å²) in [6.45, 7) is 2.12. The van der Waals surface area contributed by atoms with E-state index in [1.165, 1.54) is 0 Å². The minimum Gasteiger partial charge on any atom is -0.662 e. The number of nitrogens with zero attached hydrogens (tertiary/aromatic N) is 1. The molecule has 1 heterocycles. The Hall–Kier alpha value is 0.0900. The van der Waals surface area contributed by atoms with Crippen molar-refractivity contribution in [3.05, 3.63) is 0 Å². The Morgan fingerprint density at radius 2 is 2.00 bits per heavy atom. The molecule has 4 nitrogen and oxygen atoms in total. The van der Waals surface area contributed by atoms with Crippen LogP contribution in [0.15, 0.2) is 0 Å². The lowest BCUT2D eigenvalue weighted by molar-refractivity contribution is -0.721. The summed E-state index contributed by atoms with van der Waals surface area (Å²) >= 11 is 9.46. The van der Waals surface area contributed by atoms with E-state index in [1.807, 2.05) is 0 Å². The summed E-state index contributed by atoms with van der Waals surface area (Å²) in [5.41, 5.74) is 0. The summed E-state index contributed by atoms with van der Waals surface area (Å²) < 4.78 is 7.13. The second kappa shape index (κ2) is 3.66. The summed E-state index contributed by atoms with van der Waals surface area (Å²) in [5.74, 6) is 0. The van der Waals surface area contributed by atoms with E-state index >= 15 is 0 Å². The molecule has 1 aliphatic heterocycles. The van der Waals surface area contributed by atoms with Crippen LogP contribution in [-0.2, 0) is 30.4 Å². The molecule has 0 spiro atoms. The van der Waals surface area contributed by atoms with E-state index in [0.717, 1.165) is 0 Å². The van der Waals surface area contributed by atoms with Gasteiger partial charge in [-0.1, -0.05) is 0 Å². The Balaban J connectivity index is 2.56. The number of rotatable bonds is 0. The van der Waals surface area contributed by atoms with Crippen molar-refractivity contribution in [2.45, 2.75) is 0 Å². The molecule has 0 aliphatic carbocycles. The number of quaternary nitrogens is 1. The van der Waals surface area contributed by atoms with Crippen molar-refractivity contribution in [1.82, 2.24) is 4.72 Å². The second-order valence-corrected chi connectivity index (χ2v) is 3.26. The predicted octanol–water partition coefficient (Wildman–Crippen LogP) is -0.533. The molecule has 1 rings (SSSR count). The molecule has 1 fully saturated rings. The van der Waals surface area contributed by atoms with E-state index in [1.54, 1.807) is 0 Å². The Morgan fingerprint density at radius 3 is 2.45 bits per heavy atom. The average Bonchev–Trinajstić information content (AvgIpc) is 2.04. The Bertz CT molecular complexity index is 159. The number of hydrogen-bond acceptors (Lipinski definition) is 4. The molecule has 1 aliphatic rings. The van der Waals surface area contributed by atoms with Crippen molar-refractivity contribution in [3.63, 3.8) is 0 Å². The van der Waals surface area contributed by atoms with Crippen LogP contribution in [0.5, 0.6) is 0 Å². The first-order chi connectivity index (χ1) is 5.19.